The normalized spacial score (nSPS) is 19.2. The van der Waals surface area contributed by atoms with Gasteiger partial charge >= 0.3 is 5.97 Å². The summed E-state index contributed by atoms with van der Waals surface area (Å²) >= 11 is 0. The molecular weight excluding hydrogens is 304 g/mol. The molecule has 0 bridgehead atoms. The van der Waals surface area contributed by atoms with Gasteiger partial charge in [-0.15, -0.1) is 0 Å². The maximum absolute atomic E-state index is 12.2. The topological polar surface area (TPSA) is 44.8 Å². The summed E-state index contributed by atoms with van der Waals surface area (Å²) in [6, 6.07) is 9.74. The van der Waals surface area contributed by atoms with E-state index in [-0.39, 0.29) is 18.4 Å². The molecule has 1 aromatic rings. The summed E-state index contributed by atoms with van der Waals surface area (Å²) in [7, 11) is 0. The van der Waals surface area contributed by atoms with Crippen molar-refractivity contribution in [1.82, 2.24) is 0 Å². The first-order valence-corrected chi connectivity index (χ1v) is 9.10. The minimum absolute atomic E-state index is 0.126. The maximum atomic E-state index is 12.2. The average Bonchev–Trinajstić information content (AvgIpc) is 2.60. The summed E-state index contributed by atoms with van der Waals surface area (Å²) in [5, 5.41) is 0. The smallest absolute Gasteiger partial charge is 0.308 e. The van der Waals surface area contributed by atoms with E-state index in [9.17, 15) is 4.79 Å². The highest BCUT2D eigenvalue weighted by Crippen LogP contribution is 2.21. The molecule has 24 heavy (non-hydrogen) atoms. The van der Waals surface area contributed by atoms with Gasteiger partial charge in [-0.25, -0.2) is 0 Å². The lowest BCUT2D eigenvalue weighted by molar-refractivity contribution is -0.194. The minimum atomic E-state index is -0.205. The Morgan fingerprint density at radius 3 is 2.67 bits per heavy atom. The van der Waals surface area contributed by atoms with Crippen LogP contribution in [0.4, 0.5) is 0 Å². The van der Waals surface area contributed by atoms with Gasteiger partial charge in [0.1, 0.15) is 6.61 Å². The van der Waals surface area contributed by atoms with Crippen LogP contribution in [-0.4, -0.2) is 25.0 Å². The molecule has 0 amide bonds. The van der Waals surface area contributed by atoms with Gasteiger partial charge in [-0.1, -0.05) is 44.2 Å². The Balaban J connectivity index is 1.79. The van der Waals surface area contributed by atoms with Gasteiger partial charge in [0.25, 0.3) is 0 Å². The Labute approximate surface area is 145 Å². The van der Waals surface area contributed by atoms with Crippen molar-refractivity contribution >= 4 is 5.97 Å². The third kappa shape index (κ3) is 7.45. The van der Waals surface area contributed by atoms with Crippen molar-refractivity contribution in [3.63, 3.8) is 0 Å². The van der Waals surface area contributed by atoms with Crippen LogP contribution in [0.5, 0.6) is 0 Å². The summed E-state index contributed by atoms with van der Waals surface area (Å²) in [4.78, 5) is 12.2. The largest absolute Gasteiger partial charge is 0.461 e. The fourth-order valence-corrected chi connectivity index (χ4v) is 2.75. The molecule has 0 radical (unpaired) electrons. The zero-order valence-electron chi connectivity index (χ0n) is 14.9. The van der Waals surface area contributed by atoms with Gasteiger partial charge in [-0.3, -0.25) is 4.79 Å². The Morgan fingerprint density at radius 2 is 2.00 bits per heavy atom. The van der Waals surface area contributed by atoms with Crippen molar-refractivity contribution in [2.75, 3.05) is 6.61 Å². The molecule has 2 atom stereocenters. The standard InChI is InChI=1S/C20H30O4/c1-16(2)11-12-18(24-20-10-6-7-13-22-20)14-19(21)23-15-17-8-4-3-5-9-17/h3-5,8-9,16,18,20H,6-7,10-15H2,1-2H3. The van der Waals surface area contributed by atoms with Gasteiger partial charge in [0.2, 0.25) is 0 Å². The highest BCUT2D eigenvalue weighted by atomic mass is 16.7. The monoisotopic (exact) mass is 334 g/mol. The average molecular weight is 334 g/mol. The van der Waals surface area contributed by atoms with Crippen molar-refractivity contribution in [2.24, 2.45) is 5.92 Å². The number of benzene rings is 1. The SMILES string of the molecule is CC(C)CCC(CC(=O)OCc1ccccc1)OC1CCCCO1. The molecule has 1 saturated heterocycles. The first-order valence-electron chi connectivity index (χ1n) is 9.10. The predicted molar refractivity (Wildman–Crippen MR) is 93.4 cm³/mol. The number of rotatable bonds is 9. The van der Waals surface area contributed by atoms with E-state index in [4.69, 9.17) is 14.2 Å². The number of hydrogen-bond acceptors (Lipinski definition) is 4. The predicted octanol–water partition coefficient (Wildman–Crippen LogP) is 4.47. The molecule has 4 heteroatoms. The lowest BCUT2D eigenvalue weighted by Crippen LogP contribution is -2.30. The summed E-state index contributed by atoms with van der Waals surface area (Å²) in [6.45, 7) is 5.43. The quantitative estimate of drug-likeness (QED) is 0.625. The van der Waals surface area contributed by atoms with Crippen molar-refractivity contribution in [1.29, 1.82) is 0 Å². The molecule has 2 rings (SSSR count). The molecule has 1 heterocycles. The summed E-state index contributed by atoms with van der Waals surface area (Å²) in [6.07, 6.45) is 5.02. The fraction of sp³-hybridized carbons (Fsp3) is 0.650. The highest BCUT2D eigenvalue weighted by Gasteiger charge is 2.23. The third-order valence-corrected chi connectivity index (χ3v) is 4.19. The number of hydrogen-bond donors (Lipinski definition) is 0. The number of carbonyl (C=O) groups excluding carboxylic acids is 1. The van der Waals surface area contributed by atoms with Crippen molar-refractivity contribution in [3.05, 3.63) is 35.9 Å². The Kier molecular flexibility index (Phi) is 8.26. The first kappa shape index (κ1) is 18.9. The first-order chi connectivity index (χ1) is 11.6. The lowest BCUT2D eigenvalue weighted by Gasteiger charge is -2.27. The molecule has 134 valence electrons. The number of ether oxygens (including phenoxy) is 3. The van der Waals surface area contributed by atoms with Crippen LogP contribution >= 0.6 is 0 Å². The molecule has 4 nitrogen and oxygen atoms in total. The van der Waals surface area contributed by atoms with E-state index in [1.807, 2.05) is 30.3 Å². The van der Waals surface area contributed by atoms with Crippen LogP contribution in [-0.2, 0) is 25.6 Å². The zero-order valence-corrected chi connectivity index (χ0v) is 14.9. The van der Waals surface area contributed by atoms with Crippen LogP contribution in [0.1, 0.15) is 57.9 Å². The summed E-state index contributed by atoms with van der Waals surface area (Å²) in [5.74, 6) is 0.382. The van der Waals surface area contributed by atoms with E-state index in [1.54, 1.807) is 0 Å². The summed E-state index contributed by atoms with van der Waals surface area (Å²) < 4.78 is 17.1. The lowest BCUT2D eigenvalue weighted by atomic mass is 10.0. The van der Waals surface area contributed by atoms with Crippen LogP contribution in [0.2, 0.25) is 0 Å². The van der Waals surface area contributed by atoms with Crippen molar-refractivity contribution in [2.45, 2.75) is 71.4 Å². The van der Waals surface area contributed by atoms with Gasteiger partial charge in [0.05, 0.1) is 12.5 Å². The second kappa shape index (κ2) is 10.5. The van der Waals surface area contributed by atoms with Crippen molar-refractivity contribution in [3.8, 4) is 0 Å². The van der Waals surface area contributed by atoms with Gasteiger partial charge in [0.15, 0.2) is 6.29 Å². The van der Waals surface area contributed by atoms with Crippen LogP contribution in [0.25, 0.3) is 0 Å². The Morgan fingerprint density at radius 1 is 1.21 bits per heavy atom. The molecule has 1 fully saturated rings. The molecule has 0 saturated carbocycles. The maximum Gasteiger partial charge on any atom is 0.308 e. The third-order valence-electron chi connectivity index (χ3n) is 4.19. The van der Waals surface area contributed by atoms with E-state index in [2.05, 4.69) is 13.8 Å². The number of carbonyl (C=O) groups is 1. The molecule has 1 aliphatic heterocycles. The highest BCUT2D eigenvalue weighted by molar-refractivity contribution is 5.70. The van der Waals surface area contributed by atoms with Crippen molar-refractivity contribution < 1.29 is 19.0 Å². The molecule has 0 aromatic heterocycles. The second-order valence-electron chi connectivity index (χ2n) is 6.88. The van der Waals surface area contributed by atoms with E-state index in [0.29, 0.717) is 18.9 Å². The Bertz CT molecular complexity index is 466. The molecule has 1 aromatic carbocycles. The van der Waals surface area contributed by atoms with Crippen LogP contribution in [0.15, 0.2) is 30.3 Å². The van der Waals surface area contributed by atoms with E-state index >= 15 is 0 Å². The molecular formula is C20H30O4. The minimum Gasteiger partial charge on any atom is -0.461 e. The molecule has 0 spiro atoms. The molecule has 0 aliphatic carbocycles. The van der Waals surface area contributed by atoms with E-state index < -0.39 is 0 Å². The molecule has 2 unspecified atom stereocenters. The molecule has 0 N–H and O–H groups in total. The molecule has 1 aliphatic rings. The van der Waals surface area contributed by atoms with Gasteiger partial charge in [-0.05, 0) is 43.6 Å². The fourth-order valence-electron chi connectivity index (χ4n) is 2.75. The number of esters is 1. The van der Waals surface area contributed by atoms with Crippen LogP contribution < -0.4 is 0 Å². The van der Waals surface area contributed by atoms with E-state index in [1.165, 1.54) is 0 Å². The van der Waals surface area contributed by atoms with Gasteiger partial charge < -0.3 is 14.2 Å². The van der Waals surface area contributed by atoms with Crippen LogP contribution in [0.3, 0.4) is 0 Å². The second-order valence-corrected chi connectivity index (χ2v) is 6.88. The van der Waals surface area contributed by atoms with Crippen LogP contribution in [0, 0.1) is 5.92 Å². The van der Waals surface area contributed by atoms with Gasteiger partial charge in [-0.2, -0.15) is 0 Å². The van der Waals surface area contributed by atoms with E-state index in [0.717, 1.165) is 44.3 Å². The summed E-state index contributed by atoms with van der Waals surface area (Å²) in [5.41, 5.74) is 1.00. The zero-order chi connectivity index (χ0) is 17.2. The Hall–Kier alpha value is -1.39. The van der Waals surface area contributed by atoms with Gasteiger partial charge in [0, 0.05) is 6.61 Å².